The number of hydrogen-bond donors (Lipinski definition) is 1. The third-order valence-corrected chi connectivity index (χ3v) is 4.24. The van der Waals surface area contributed by atoms with Crippen molar-refractivity contribution >= 4 is 5.91 Å². The van der Waals surface area contributed by atoms with E-state index in [0.29, 0.717) is 0 Å². The van der Waals surface area contributed by atoms with Crippen LogP contribution in [0, 0.1) is 5.92 Å². The molecule has 2 saturated heterocycles. The van der Waals surface area contributed by atoms with Crippen LogP contribution in [0.3, 0.4) is 0 Å². The Morgan fingerprint density at radius 1 is 1.38 bits per heavy atom. The summed E-state index contributed by atoms with van der Waals surface area (Å²) in [4.78, 5) is 13.6. The number of aliphatic hydroxyl groups excluding tert-OH is 1. The van der Waals surface area contributed by atoms with Gasteiger partial charge in [-0.15, -0.1) is 0 Å². The van der Waals surface area contributed by atoms with Gasteiger partial charge in [0, 0.05) is 18.0 Å². The Labute approximate surface area is 77.7 Å². The number of nitrogens with zero attached hydrogens (tertiary/aromatic N) is 1. The molecule has 1 saturated carbocycles. The molecule has 1 amide bonds. The van der Waals surface area contributed by atoms with Crippen LogP contribution in [-0.4, -0.2) is 34.1 Å². The highest BCUT2D eigenvalue weighted by molar-refractivity contribution is 5.85. The normalized spacial score (nSPS) is 48.4. The van der Waals surface area contributed by atoms with Gasteiger partial charge in [0.15, 0.2) is 0 Å². The molecule has 2 heterocycles. The lowest BCUT2D eigenvalue weighted by Crippen LogP contribution is -2.41. The molecule has 1 aliphatic carbocycles. The van der Waals surface area contributed by atoms with Crippen molar-refractivity contribution in [2.75, 3.05) is 6.54 Å². The van der Waals surface area contributed by atoms with Crippen LogP contribution in [0.2, 0.25) is 0 Å². The Morgan fingerprint density at radius 2 is 2.15 bits per heavy atom. The Kier molecular flexibility index (Phi) is 1.36. The molecule has 0 unspecified atom stereocenters. The number of aliphatic hydroxyl groups is 1. The van der Waals surface area contributed by atoms with Crippen molar-refractivity contribution < 1.29 is 9.90 Å². The molecule has 0 aromatic rings. The van der Waals surface area contributed by atoms with Crippen LogP contribution in [0.15, 0.2) is 0 Å². The fourth-order valence-corrected chi connectivity index (χ4v) is 3.74. The fraction of sp³-hybridized carbons (Fsp3) is 0.900. The molecule has 13 heavy (non-hydrogen) atoms. The second-order valence-electron chi connectivity index (χ2n) is 4.64. The summed E-state index contributed by atoms with van der Waals surface area (Å²) in [6, 6.07) is 0. The van der Waals surface area contributed by atoms with Crippen LogP contribution >= 0.6 is 0 Å². The van der Waals surface area contributed by atoms with Gasteiger partial charge in [-0.05, 0) is 25.7 Å². The monoisotopic (exact) mass is 181 g/mol. The van der Waals surface area contributed by atoms with Gasteiger partial charge in [-0.25, -0.2) is 0 Å². The van der Waals surface area contributed by atoms with Gasteiger partial charge >= 0.3 is 0 Å². The summed E-state index contributed by atoms with van der Waals surface area (Å²) in [5.74, 6) is 0.254. The zero-order valence-corrected chi connectivity index (χ0v) is 7.70. The highest BCUT2D eigenvalue weighted by Crippen LogP contribution is 2.53. The first-order chi connectivity index (χ1) is 6.26. The zero-order valence-electron chi connectivity index (χ0n) is 7.70. The number of hydrogen-bond acceptors (Lipinski definition) is 2. The van der Waals surface area contributed by atoms with Crippen LogP contribution in [0.1, 0.15) is 32.1 Å². The molecule has 0 aromatic heterocycles. The predicted octanol–water partition coefficient (Wildman–Crippen LogP) is 0.522. The molecular weight excluding hydrogens is 166 g/mol. The summed E-state index contributed by atoms with van der Waals surface area (Å²) in [5, 5.41) is 9.78. The molecule has 1 N–H and O–H groups in total. The van der Waals surface area contributed by atoms with Gasteiger partial charge in [-0.1, -0.05) is 6.42 Å². The average molecular weight is 181 g/mol. The lowest BCUT2D eigenvalue weighted by molar-refractivity contribution is -0.136. The lowest BCUT2D eigenvalue weighted by Gasteiger charge is -2.31. The third-order valence-electron chi connectivity index (χ3n) is 4.24. The van der Waals surface area contributed by atoms with Crippen molar-refractivity contribution in [2.45, 2.75) is 43.7 Å². The van der Waals surface area contributed by atoms with Gasteiger partial charge in [0.2, 0.25) is 0 Å². The molecule has 3 atom stereocenters. The van der Waals surface area contributed by atoms with Crippen LogP contribution in [0.4, 0.5) is 0 Å². The van der Waals surface area contributed by atoms with Crippen LogP contribution in [-0.2, 0) is 4.79 Å². The lowest BCUT2D eigenvalue weighted by atomic mass is 9.85. The quantitative estimate of drug-likeness (QED) is 0.592. The summed E-state index contributed by atoms with van der Waals surface area (Å²) in [5.41, 5.74) is 0.0938. The summed E-state index contributed by atoms with van der Waals surface area (Å²) >= 11 is 0. The van der Waals surface area contributed by atoms with Gasteiger partial charge in [0.25, 0.3) is 5.91 Å². The first-order valence-corrected chi connectivity index (χ1v) is 5.25. The SMILES string of the molecule is O=C1[C@H](O)[C@@H]2CCC[C@@]23CCCN13. The average Bonchev–Trinajstić information content (AvgIpc) is 2.75. The van der Waals surface area contributed by atoms with Crippen LogP contribution in [0.5, 0.6) is 0 Å². The largest absolute Gasteiger partial charge is 0.383 e. The Balaban J connectivity index is 2.05. The standard InChI is InChI=1S/C10H15NO2/c12-8-7-3-1-4-10(7)5-2-6-11(10)9(8)13/h7-8,12H,1-6H2/t7-,8+,10+/m0/s1. The topological polar surface area (TPSA) is 40.5 Å². The highest BCUT2D eigenvalue weighted by atomic mass is 16.3. The van der Waals surface area contributed by atoms with E-state index in [1.165, 1.54) is 6.42 Å². The van der Waals surface area contributed by atoms with E-state index >= 15 is 0 Å². The predicted molar refractivity (Wildman–Crippen MR) is 47.0 cm³/mol. The van der Waals surface area contributed by atoms with E-state index in [-0.39, 0.29) is 17.4 Å². The first kappa shape index (κ1) is 7.80. The minimum atomic E-state index is -0.678. The van der Waals surface area contributed by atoms with E-state index in [0.717, 1.165) is 32.2 Å². The molecule has 3 rings (SSSR count). The fourth-order valence-electron chi connectivity index (χ4n) is 3.74. The summed E-state index contributed by atoms with van der Waals surface area (Å²) in [6.45, 7) is 0.881. The number of amides is 1. The Bertz CT molecular complexity index is 262. The molecule has 3 nitrogen and oxygen atoms in total. The Hall–Kier alpha value is -0.570. The van der Waals surface area contributed by atoms with E-state index in [1.807, 2.05) is 4.90 Å². The van der Waals surface area contributed by atoms with E-state index in [9.17, 15) is 9.90 Å². The van der Waals surface area contributed by atoms with Crippen molar-refractivity contribution in [1.29, 1.82) is 0 Å². The van der Waals surface area contributed by atoms with Gasteiger partial charge < -0.3 is 10.0 Å². The van der Waals surface area contributed by atoms with Crippen molar-refractivity contribution in [3.63, 3.8) is 0 Å². The van der Waals surface area contributed by atoms with E-state index in [1.54, 1.807) is 0 Å². The molecule has 72 valence electrons. The molecule has 3 aliphatic rings. The molecule has 0 bridgehead atoms. The minimum absolute atomic E-state index is 0.00204. The molecule has 0 aromatic carbocycles. The minimum Gasteiger partial charge on any atom is -0.383 e. The molecule has 0 radical (unpaired) electrons. The maximum atomic E-state index is 11.7. The van der Waals surface area contributed by atoms with Crippen molar-refractivity contribution in [3.8, 4) is 0 Å². The first-order valence-electron chi connectivity index (χ1n) is 5.25. The molecule has 1 spiro atoms. The third kappa shape index (κ3) is 0.725. The van der Waals surface area contributed by atoms with Gasteiger partial charge in [-0.3, -0.25) is 4.79 Å². The molecule has 3 heteroatoms. The summed E-state index contributed by atoms with van der Waals surface area (Å²) < 4.78 is 0. The maximum Gasteiger partial charge on any atom is 0.252 e. The van der Waals surface area contributed by atoms with E-state index in [4.69, 9.17) is 0 Å². The van der Waals surface area contributed by atoms with Gasteiger partial charge in [0.05, 0.1) is 0 Å². The van der Waals surface area contributed by atoms with Crippen molar-refractivity contribution in [3.05, 3.63) is 0 Å². The maximum absolute atomic E-state index is 11.7. The summed E-state index contributed by atoms with van der Waals surface area (Å²) in [6.07, 6.45) is 4.94. The smallest absolute Gasteiger partial charge is 0.252 e. The van der Waals surface area contributed by atoms with Crippen LogP contribution in [0.25, 0.3) is 0 Å². The number of rotatable bonds is 0. The van der Waals surface area contributed by atoms with Gasteiger partial charge in [0.1, 0.15) is 6.10 Å². The van der Waals surface area contributed by atoms with Crippen molar-refractivity contribution in [1.82, 2.24) is 4.90 Å². The second-order valence-corrected chi connectivity index (χ2v) is 4.64. The zero-order chi connectivity index (χ0) is 9.05. The van der Waals surface area contributed by atoms with E-state index in [2.05, 4.69) is 0 Å². The molecule has 2 aliphatic heterocycles. The second kappa shape index (κ2) is 2.27. The number of carbonyl (C=O) groups excluding carboxylic acids is 1. The molecule has 3 fully saturated rings. The van der Waals surface area contributed by atoms with E-state index < -0.39 is 6.10 Å². The van der Waals surface area contributed by atoms with Crippen LogP contribution < -0.4 is 0 Å². The van der Waals surface area contributed by atoms with Gasteiger partial charge in [-0.2, -0.15) is 0 Å². The van der Waals surface area contributed by atoms with Crippen molar-refractivity contribution in [2.24, 2.45) is 5.92 Å². The number of carbonyl (C=O) groups is 1. The summed E-state index contributed by atoms with van der Waals surface area (Å²) in [7, 11) is 0. The Morgan fingerprint density at radius 3 is 3.00 bits per heavy atom. The highest BCUT2D eigenvalue weighted by Gasteiger charge is 2.61. The molecular formula is C10H15NO2.